The van der Waals surface area contributed by atoms with Crippen LogP contribution in [0.5, 0.6) is 5.88 Å². The van der Waals surface area contributed by atoms with Crippen LogP contribution in [-0.4, -0.2) is 34.2 Å². The first-order valence-electron chi connectivity index (χ1n) is 4.66. The Balaban J connectivity index is 1.99. The summed E-state index contributed by atoms with van der Waals surface area (Å²) in [7, 11) is 0. The van der Waals surface area contributed by atoms with Crippen LogP contribution in [0, 0.1) is 0 Å². The summed E-state index contributed by atoms with van der Waals surface area (Å²) in [6, 6.07) is 0. The third-order valence-electron chi connectivity index (χ3n) is 2.18. The summed E-state index contributed by atoms with van der Waals surface area (Å²) < 4.78 is 7.48. The van der Waals surface area contributed by atoms with Crippen LogP contribution in [0.3, 0.4) is 0 Å². The molecule has 1 fully saturated rings. The van der Waals surface area contributed by atoms with Crippen LogP contribution in [0.25, 0.3) is 0 Å². The monoisotopic (exact) mass is 182 g/mol. The predicted molar refractivity (Wildman–Crippen MR) is 47.6 cm³/mol. The van der Waals surface area contributed by atoms with Gasteiger partial charge >= 0.3 is 0 Å². The second kappa shape index (κ2) is 3.74. The lowest BCUT2D eigenvalue weighted by atomic mass is 10.3. The average molecular weight is 182 g/mol. The van der Waals surface area contributed by atoms with Crippen molar-refractivity contribution < 1.29 is 4.74 Å². The molecule has 1 saturated heterocycles. The van der Waals surface area contributed by atoms with Gasteiger partial charge in [-0.15, -0.1) is 5.10 Å². The van der Waals surface area contributed by atoms with Gasteiger partial charge in [0.05, 0.1) is 0 Å². The van der Waals surface area contributed by atoms with E-state index in [9.17, 15) is 0 Å². The van der Waals surface area contributed by atoms with Gasteiger partial charge in [0, 0.05) is 13.1 Å². The fraction of sp³-hybridized carbons (Fsp3) is 0.750. The third-order valence-corrected chi connectivity index (χ3v) is 2.18. The zero-order valence-electron chi connectivity index (χ0n) is 7.73. The molecule has 0 bridgehead atoms. The molecule has 1 atom stereocenters. The second-order valence-corrected chi connectivity index (χ2v) is 3.12. The van der Waals surface area contributed by atoms with Gasteiger partial charge in [0.2, 0.25) is 5.88 Å². The lowest BCUT2D eigenvalue weighted by Crippen LogP contribution is -2.21. The van der Waals surface area contributed by atoms with E-state index in [0.717, 1.165) is 31.9 Å². The second-order valence-electron chi connectivity index (χ2n) is 3.12. The van der Waals surface area contributed by atoms with Crippen LogP contribution in [0.4, 0.5) is 0 Å². The maximum absolute atomic E-state index is 5.71. The molecule has 1 N–H and O–H groups in total. The minimum absolute atomic E-state index is 0.281. The Morgan fingerprint density at radius 1 is 1.77 bits per heavy atom. The van der Waals surface area contributed by atoms with Crippen LogP contribution in [0.15, 0.2) is 6.20 Å². The first-order chi connectivity index (χ1) is 6.40. The van der Waals surface area contributed by atoms with Gasteiger partial charge in [0.25, 0.3) is 0 Å². The first kappa shape index (κ1) is 8.50. The molecular formula is C8H14N4O. The Morgan fingerprint density at radius 3 is 3.38 bits per heavy atom. The van der Waals surface area contributed by atoms with E-state index in [0.29, 0.717) is 0 Å². The molecule has 1 aromatic rings. The van der Waals surface area contributed by atoms with E-state index in [1.54, 1.807) is 10.9 Å². The summed E-state index contributed by atoms with van der Waals surface area (Å²) in [4.78, 5) is 0. The smallest absolute Gasteiger partial charge is 0.232 e. The summed E-state index contributed by atoms with van der Waals surface area (Å²) >= 11 is 0. The molecule has 0 amide bonds. The molecule has 5 heteroatoms. The van der Waals surface area contributed by atoms with E-state index in [2.05, 4.69) is 15.6 Å². The largest absolute Gasteiger partial charge is 0.472 e. The van der Waals surface area contributed by atoms with Gasteiger partial charge in [-0.3, -0.25) is 0 Å². The standard InChI is InChI=1S/C8H14N4O/c1-2-12-8(6-10-11-12)13-7-3-4-9-5-7/h6-7,9H,2-5H2,1H3. The van der Waals surface area contributed by atoms with Gasteiger partial charge in [0.1, 0.15) is 12.3 Å². The fourth-order valence-electron chi connectivity index (χ4n) is 1.46. The van der Waals surface area contributed by atoms with Crippen LogP contribution >= 0.6 is 0 Å². The topological polar surface area (TPSA) is 52.0 Å². The molecule has 72 valence electrons. The molecule has 5 nitrogen and oxygen atoms in total. The van der Waals surface area contributed by atoms with Crippen molar-refractivity contribution >= 4 is 0 Å². The first-order valence-corrected chi connectivity index (χ1v) is 4.66. The number of aryl methyl sites for hydroxylation is 1. The Morgan fingerprint density at radius 2 is 2.69 bits per heavy atom. The lowest BCUT2D eigenvalue weighted by molar-refractivity contribution is 0.201. The maximum atomic E-state index is 5.71. The highest BCUT2D eigenvalue weighted by Gasteiger charge is 2.17. The van der Waals surface area contributed by atoms with Gasteiger partial charge < -0.3 is 10.1 Å². The normalized spacial score (nSPS) is 22.1. The quantitative estimate of drug-likeness (QED) is 0.717. The van der Waals surface area contributed by atoms with Gasteiger partial charge in [0.15, 0.2) is 0 Å². The van der Waals surface area contributed by atoms with Gasteiger partial charge in [-0.05, 0) is 19.9 Å². The molecule has 1 aliphatic heterocycles. The van der Waals surface area contributed by atoms with Crippen LogP contribution in [0.1, 0.15) is 13.3 Å². The van der Waals surface area contributed by atoms with Gasteiger partial charge in [-0.2, -0.15) is 0 Å². The molecule has 1 unspecified atom stereocenters. The van der Waals surface area contributed by atoms with Crippen LogP contribution in [-0.2, 0) is 6.54 Å². The molecule has 0 aliphatic carbocycles. The summed E-state index contributed by atoms with van der Waals surface area (Å²) in [5.74, 6) is 0.774. The average Bonchev–Trinajstić information content (AvgIpc) is 2.76. The van der Waals surface area contributed by atoms with Crippen molar-refractivity contribution in [2.75, 3.05) is 13.1 Å². The molecule has 13 heavy (non-hydrogen) atoms. The number of nitrogens with one attached hydrogen (secondary N) is 1. The van der Waals surface area contributed by atoms with Crippen molar-refractivity contribution in [1.82, 2.24) is 20.3 Å². The van der Waals surface area contributed by atoms with E-state index in [1.165, 1.54) is 0 Å². The summed E-state index contributed by atoms with van der Waals surface area (Å²) in [6.07, 6.45) is 3.01. The van der Waals surface area contributed by atoms with Gasteiger partial charge in [-0.25, -0.2) is 4.68 Å². The Bertz CT molecular complexity index is 267. The number of ether oxygens (including phenoxy) is 1. The third kappa shape index (κ3) is 1.80. The van der Waals surface area contributed by atoms with Crippen molar-refractivity contribution in [2.24, 2.45) is 0 Å². The fourth-order valence-corrected chi connectivity index (χ4v) is 1.46. The highest BCUT2D eigenvalue weighted by Crippen LogP contribution is 2.12. The maximum Gasteiger partial charge on any atom is 0.232 e. The SMILES string of the molecule is CCn1nncc1OC1CCNC1. The summed E-state index contributed by atoms with van der Waals surface area (Å²) in [5, 5.41) is 10.9. The number of hydrogen-bond donors (Lipinski definition) is 1. The Labute approximate surface area is 77.1 Å². The molecular weight excluding hydrogens is 168 g/mol. The molecule has 0 radical (unpaired) electrons. The van der Waals surface area contributed by atoms with Crippen LogP contribution < -0.4 is 10.1 Å². The molecule has 2 rings (SSSR count). The van der Waals surface area contributed by atoms with E-state index in [-0.39, 0.29) is 6.10 Å². The van der Waals surface area contributed by atoms with Crippen molar-refractivity contribution in [3.63, 3.8) is 0 Å². The number of rotatable bonds is 3. The number of aromatic nitrogens is 3. The highest BCUT2D eigenvalue weighted by molar-refractivity contribution is 5.02. The minimum atomic E-state index is 0.281. The summed E-state index contributed by atoms with van der Waals surface area (Å²) in [5.41, 5.74) is 0. The Hall–Kier alpha value is -1.10. The van der Waals surface area contributed by atoms with Crippen molar-refractivity contribution in [1.29, 1.82) is 0 Å². The highest BCUT2D eigenvalue weighted by atomic mass is 16.5. The number of hydrogen-bond acceptors (Lipinski definition) is 4. The minimum Gasteiger partial charge on any atom is -0.472 e. The Kier molecular flexibility index (Phi) is 2.44. The lowest BCUT2D eigenvalue weighted by Gasteiger charge is -2.11. The van der Waals surface area contributed by atoms with Gasteiger partial charge in [-0.1, -0.05) is 5.21 Å². The molecule has 0 saturated carbocycles. The van der Waals surface area contributed by atoms with Crippen molar-refractivity contribution in [3.8, 4) is 5.88 Å². The van der Waals surface area contributed by atoms with Crippen molar-refractivity contribution in [3.05, 3.63) is 6.20 Å². The van der Waals surface area contributed by atoms with Crippen LogP contribution in [0.2, 0.25) is 0 Å². The van der Waals surface area contributed by atoms with E-state index < -0.39 is 0 Å². The zero-order chi connectivity index (χ0) is 9.10. The summed E-state index contributed by atoms with van der Waals surface area (Å²) in [6.45, 7) is 4.79. The zero-order valence-corrected chi connectivity index (χ0v) is 7.73. The molecule has 0 spiro atoms. The molecule has 2 heterocycles. The van der Waals surface area contributed by atoms with E-state index in [4.69, 9.17) is 4.74 Å². The van der Waals surface area contributed by atoms with E-state index in [1.807, 2.05) is 6.92 Å². The number of nitrogens with zero attached hydrogens (tertiary/aromatic N) is 3. The molecule has 0 aromatic carbocycles. The molecule has 1 aromatic heterocycles. The predicted octanol–water partition coefficient (Wildman–Crippen LogP) is 0.0387. The van der Waals surface area contributed by atoms with E-state index >= 15 is 0 Å². The van der Waals surface area contributed by atoms with Crippen molar-refractivity contribution in [2.45, 2.75) is 26.0 Å². The molecule has 1 aliphatic rings.